The molecule has 0 radical (unpaired) electrons. The molecule has 0 bridgehead atoms. The van der Waals surface area contributed by atoms with Crippen molar-refractivity contribution in [1.82, 2.24) is 9.80 Å². The molecule has 17 heavy (non-hydrogen) atoms. The van der Waals surface area contributed by atoms with Crippen LogP contribution in [-0.4, -0.2) is 54.3 Å². The Labute approximate surface area is 103 Å². The Hall–Kier alpha value is -1.10. The number of rotatable bonds is 7. The lowest BCUT2D eigenvalue weighted by Crippen LogP contribution is -2.53. The van der Waals surface area contributed by atoms with Crippen molar-refractivity contribution < 1.29 is 9.59 Å². The first-order chi connectivity index (χ1) is 8.19. The molecule has 0 spiro atoms. The number of nitrogens with two attached hydrogens (primary N) is 1. The van der Waals surface area contributed by atoms with Gasteiger partial charge < -0.3 is 15.5 Å². The second-order valence-electron chi connectivity index (χ2n) is 4.48. The summed E-state index contributed by atoms with van der Waals surface area (Å²) < 4.78 is 0. The second-order valence-corrected chi connectivity index (χ2v) is 4.48. The summed E-state index contributed by atoms with van der Waals surface area (Å²) in [6, 6.07) is 0. The van der Waals surface area contributed by atoms with E-state index in [2.05, 4.69) is 0 Å². The first kappa shape index (κ1) is 14.0. The predicted octanol–water partition coefficient (Wildman–Crippen LogP) is 0.196. The van der Waals surface area contributed by atoms with Gasteiger partial charge in [0.15, 0.2) is 0 Å². The van der Waals surface area contributed by atoms with Crippen LogP contribution in [0.2, 0.25) is 0 Å². The summed E-state index contributed by atoms with van der Waals surface area (Å²) in [6.07, 6.45) is 3.84. The Morgan fingerprint density at radius 2 is 1.59 bits per heavy atom. The molecule has 0 atom stereocenters. The largest absolute Gasteiger partial charge is 0.332 e. The minimum absolute atomic E-state index is 0.0743. The van der Waals surface area contributed by atoms with Crippen LogP contribution in [0.4, 0.5) is 0 Å². The van der Waals surface area contributed by atoms with E-state index in [0.717, 1.165) is 25.7 Å². The number of carbonyl (C=O) groups excluding carboxylic acids is 2. The smallest absolute Gasteiger partial charge is 0.242 e. The van der Waals surface area contributed by atoms with Crippen LogP contribution >= 0.6 is 0 Å². The highest BCUT2D eigenvalue weighted by Gasteiger charge is 2.28. The quantitative estimate of drug-likeness (QED) is 0.647. The topological polar surface area (TPSA) is 66.6 Å². The fourth-order valence-electron chi connectivity index (χ4n) is 2.00. The lowest BCUT2D eigenvalue weighted by molar-refractivity contribution is -0.150. The van der Waals surface area contributed by atoms with Gasteiger partial charge in [-0.05, 0) is 25.8 Å². The number of amides is 2. The molecular formula is C12H23N3O2. The van der Waals surface area contributed by atoms with Crippen LogP contribution in [0.15, 0.2) is 0 Å². The van der Waals surface area contributed by atoms with E-state index >= 15 is 0 Å². The molecule has 0 aromatic rings. The van der Waals surface area contributed by atoms with Gasteiger partial charge in [0, 0.05) is 13.1 Å². The molecule has 0 aliphatic carbocycles. The Morgan fingerprint density at radius 3 is 2.12 bits per heavy atom. The summed E-state index contributed by atoms with van der Waals surface area (Å²) in [5, 5.41) is 0. The maximum Gasteiger partial charge on any atom is 0.242 e. The number of hydrogen-bond acceptors (Lipinski definition) is 3. The van der Waals surface area contributed by atoms with E-state index in [1.807, 2.05) is 6.92 Å². The first-order valence-corrected chi connectivity index (χ1v) is 6.44. The molecule has 1 saturated heterocycles. The summed E-state index contributed by atoms with van der Waals surface area (Å²) in [7, 11) is 0. The molecule has 98 valence electrons. The molecule has 5 heteroatoms. The number of nitrogens with zero attached hydrogens (tertiary/aromatic N) is 2. The SMILES string of the molecule is CCCN1CC(=O)N(CCCCCN)CC1=O. The van der Waals surface area contributed by atoms with Gasteiger partial charge in [-0.2, -0.15) is 0 Å². The molecule has 0 unspecified atom stereocenters. The lowest BCUT2D eigenvalue weighted by atomic mass is 10.2. The molecule has 0 saturated carbocycles. The maximum absolute atomic E-state index is 11.8. The third kappa shape index (κ3) is 4.34. The third-order valence-electron chi connectivity index (χ3n) is 2.98. The van der Waals surface area contributed by atoms with Gasteiger partial charge >= 0.3 is 0 Å². The minimum Gasteiger partial charge on any atom is -0.332 e. The monoisotopic (exact) mass is 241 g/mol. The highest BCUT2D eigenvalue weighted by molar-refractivity contribution is 5.92. The van der Waals surface area contributed by atoms with Gasteiger partial charge in [0.2, 0.25) is 11.8 Å². The van der Waals surface area contributed by atoms with E-state index in [-0.39, 0.29) is 24.9 Å². The van der Waals surface area contributed by atoms with Crippen molar-refractivity contribution in [2.45, 2.75) is 32.6 Å². The molecule has 1 fully saturated rings. The van der Waals surface area contributed by atoms with Crippen LogP contribution in [0, 0.1) is 0 Å². The van der Waals surface area contributed by atoms with Crippen molar-refractivity contribution in [3.8, 4) is 0 Å². The van der Waals surface area contributed by atoms with Gasteiger partial charge in [0.25, 0.3) is 0 Å². The van der Waals surface area contributed by atoms with Crippen LogP contribution < -0.4 is 5.73 Å². The number of hydrogen-bond donors (Lipinski definition) is 1. The van der Waals surface area contributed by atoms with E-state index in [1.54, 1.807) is 9.80 Å². The molecular weight excluding hydrogens is 218 g/mol. The lowest BCUT2D eigenvalue weighted by Gasteiger charge is -2.33. The Balaban J connectivity index is 2.33. The van der Waals surface area contributed by atoms with Crippen LogP contribution in [0.5, 0.6) is 0 Å². The third-order valence-corrected chi connectivity index (χ3v) is 2.98. The Kier molecular flexibility index (Phi) is 5.97. The predicted molar refractivity (Wildman–Crippen MR) is 66.4 cm³/mol. The van der Waals surface area contributed by atoms with Crippen molar-refractivity contribution in [3.63, 3.8) is 0 Å². The van der Waals surface area contributed by atoms with E-state index in [0.29, 0.717) is 19.6 Å². The zero-order chi connectivity index (χ0) is 12.7. The summed E-state index contributed by atoms with van der Waals surface area (Å²) in [5.41, 5.74) is 5.41. The second kappa shape index (κ2) is 7.27. The first-order valence-electron chi connectivity index (χ1n) is 6.44. The standard InChI is InChI=1S/C12H23N3O2/c1-2-7-14-9-12(17)15(10-11(14)16)8-5-3-4-6-13/h2-10,13H2,1H3. The summed E-state index contributed by atoms with van der Waals surface area (Å²) >= 11 is 0. The van der Waals surface area contributed by atoms with Gasteiger partial charge in [-0.1, -0.05) is 13.3 Å². The van der Waals surface area contributed by atoms with E-state index in [1.165, 1.54) is 0 Å². The van der Waals surface area contributed by atoms with Crippen LogP contribution in [0.25, 0.3) is 0 Å². The molecule has 1 aliphatic heterocycles. The van der Waals surface area contributed by atoms with Gasteiger partial charge in [-0.25, -0.2) is 0 Å². The molecule has 2 N–H and O–H groups in total. The average Bonchev–Trinajstić information content (AvgIpc) is 2.30. The number of piperazine rings is 1. The van der Waals surface area contributed by atoms with Crippen molar-refractivity contribution in [2.24, 2.45) is 5.73 Å². The molecule has 2 amide bonds. The Bertz CT molecular complexity index is 268. The summed E-state index contributed by atoms with van der Waals surface area (Å²) in [6.45, 7) is 4.58. The molecule has 1 rings (SSSR count). The fourth-order valence-corrected chi connectivity index (χ4v) is 2.00. The Morgan fingerprint density at radius 1 is 1.00 bits per heavy atom. The highest BCUT2D eigenvalue weighted by atomic mass is 16.2. The highest BCUT2D eigenvalue weighted by Crippen LogP contribution is 2.07. The molecule has 0 aromatic carbocycles. The van der Waals surface area contributed by atoms with E-state index < -0.39 is 0 Å². The average molecular weight is 241 g/mol. The zero-order valence-corrected chi connectivity index (χ0v) is 10.7. The van der Waals surface area contributed by atoms with Gasteiger partial charge in [0.1, 0.15) is 0 Å². The molecule has 1 heterocycles. The minimum atomic E-state index is 0.0743. The van der Waals surface area contributed by atoms with Gasteiger partial charge in [-0.3, -0.25) is 9.59 Å². The van der Waals surface area contributed by atoms with E-state index in [4.69, 9.17) is 5.73 Å². The number of carbonyl (C=O) groups is 2. The molecule has 5 nitrogen and oxygen atoms in total. The van der Waals surface area contributed by atoms with Crippen LogP contribution in [0.3, 0.4) is 0 Å². The van der Waals surface area contributed by atoms with Gasteiger partial charge in [-0.15, -0.1) is 0 Å². The van der Waals surface area contributed by atoms with E-state index in [9.17, 15) is 9.59 Å². The van der Waals surface area contributed by atoms with Gasteiger partial charge in [0.05, 0.1) is 13.1 Å². The maximum atomic E-state index is 11.8. The molecule has 1 aliphatic rings. The van der Waals surface area contributed by atoms with Crippen molar-refractivity contribution in [1.29, 1.82) is 0 Å². The van der Waals surface area contributed by atoms with Crippen molar-refractivity contribution in [3.05, 3.63) is 0 Å². The summed E-state index contributed by atoms with van der Waals surface area (Å²) in [5.74, 6) is 0.149. The molecule has 0 aromatic heterocycles. The van der Waals surface area contributed by atoms with Crippen molar-refractivity contribution in [2.75, 3.05) is 32.7 Å². The summed E-state index contributed by atoms with van der Waals surface area (Å²) in [4.78, 5) is 26.9. The zero-order valence-electron chi connectivity index (χ0n) is 10.7. The van der Waals surface area contributed by atoms with Crippen LogP contribution in [-0.2, 0) is 9.59 Å². The van der Waals surface area contributed by atoms with Crippen molar-refractivity contribution >= 4 is 11.8 Å². The number of unbranched alkanes of at least 4 members (excludes halogenated alkanes) is 2. The fraction of sp³-hybridized carbons (Fsp3) is 0.833. The van der Waals surface area contributed by atoms with Crippen LogP contribution in [0.1, 0.15) is 32.6 Å². The normalized spacial score (nSPS) is 16.8.